The van der Waals surface area contributed by atoms with Crippen LogP contribution in [0.15, 0.2) is 18.2 Å². The maximum atomic E-state index is 12.8. The highest BCUT2D eigenvalue weighted by molar-refractivity contribution is 6.16. The molecule has 1 unspecified atom stereocenters. The lowest BCUT2D eigenvalue weighted by atomic mass is 10.0. The number of imidazole rings is 1. The zero-order valence-electron chi connectivity index (χ0n) is 11.4. The van der Waals surface area contributed by atoms with Crippen LogP contribution in [0.1, 0.15) is 24.7 Å². The summed E-state index contributed by atoms with van der Waals surface area (Å²) in [5.41, 5.74) is -0.0486. The molecule has 3 rings (SSSR count). The van der Waals surface area contributed by atoms with Gasteiger partial charge >= 0.3 is 6.18 Å². The van der Waals surface area contributed by atoms with E-state index in [2.05, 4.69) is 4.98 Å². The van der Waals surface area contributed by atoms with Crippen LogP contribution in [0.4, 0.5) is 13.2 Å². The summed E-state index contributed by atoms with van der Waals surface area (Å²) in [6.07, 6.45) is -3.59. The molecule has 0 radical (unpaired) electrons. The van der Waals surface area contributed by atoms with E-state index >= 15 is 0 Å². The predicted octanol–water partition coefficient (Wildman–Crippen LogP) is 3.93. The van der Waals surface area contributed by atoms with Crippen LogP contribution in [0.25, 0.3) is 11.0 Å². The number of hydrogen-bond acceptors (Lipinski definition) is 2. The Kier molecular flexibility index (Phi) is 3.41. The van der Waals surface area contributed by atoms with Crippen LogP contribution in [0.3, 0.4) is 0 Å². The van der Waals surface area contributed by atoms with Crippen molar-refractivity contribution in [3.63, 3.8) is 0 Å². The Balaban J connectivity index is 2.20. The van der Waals surface area contributed by atoms with Gasteiger partial charge in [-0.1, -0.05) is 0 Å². The molecule has 3 nitrogen and oxygen atoms in total. The Morgan fingerprint density at radius 2 is 2.19 bits per heavy atom. The van der Waals surface area contributed by atoms with Gasteiger partial charge in [0.1, 0.15) is 5.82 Å². The quantitative estimate of drug-likeness (QED) is 0.785. The third-order valence-corrected chi connectivity index (χ3v) is 4.15. The predicted molar refractivity (Wildman–Crippen MR) is 73.4 cm³/mol. The molecule has 0 saturated carbocycles. The summed E-state index contributed by atoms with van der Waals surface area (Å²) in [4.78, 5) is 4.27. The molecule has 1 aromatic heterocycles. The summed E-state index contributed by atoms with van der Waals surface area (Å²) in [5, 5.41) is 0. The smallest absolute Gasteiger partial charge is 0.379 e. The fourth-order valence-electron chi connectivity index (χ4n) is 2.83. The fourth-order valence-corrected chi connectivity index (χ4v) is 3.01. The molecule has 0 N–H and O–H groups in total. The van der Waals surface area contributed by atoms with Crippen molar-refractivity contribution in [3.05, 3.63) is 29.6 Å². The van der Waals surface area contributed by atoms with E-state index in [0.29, 0.717) is 30.1 Å². The first-order valence-corrected chi connectivity index (χ1v) is 7.11. The number of fused-ring (bicyclic) bond motifs is 1. The summed E-state index contributed by atoms with van der Waals surface area (Å²) in [7, 11) is 0. The first-order valence-electron chi connectivity index (χ1n) is 6.58. The SMILES string of the molecule is CC1(n2c(CCl)nc3cc(C(F)(F)F)ccc32)CCOC1. The molecular weight excluding hydrogens is 305 g/mol. The Hall–Kier alpha value is -1.27. The monoisotopic (exact) mass is 318 g/mol. The van der Waals surface area contributed by atoms with Crippen LogP contribution in [-0.4, -0.2) is 22.8 Å². The molecule has 2 aromatic rings. The minimum atomic E-state index is -4.38. The van der Waals surface area contributed by atoms with E-state index < -0.39 is 11.7 Å². The van der Waals surface area contributed by atoms with Crippen molar-refractivity contribution < 1.29 is 17.9 Å². The van der Waals surface area contributed by atoms with Crippen molar-refractivity contribution in [2.24, 2.45) is 0 Å². The number of aromatic nitrogens is 2. The van der Waals surface area contributed by atoms with Crippen LogP contribution in [-0.2, 0) is 22.3 Å². The molecule has 1 aliphatic heterocycles. The minimum absolute atomic E-state index is 0.144. The molecule has 0 bridgehead atoms. The zero-order chi connectivity index (χ0) is 15.3. The van der Waals surface area contributed by atoms with Crippen molar-refractivity contribution in [1.82, 2.24) is 9.55 Å². The van der Waals surface area contributed by atoms with Gasteiger partial charge in [0, 0.05) is 6.61 Å². The van der Waals surface area contributed by atoms with Gasteiger partial charge in [0.2, 0.25) is 0 Å². The first kappa shape index (κ1) is 14.7. The first-order chi connectivity index (χ1) is 9.85. The summed E-state index contributed by atoms with van der Waals surface area (Å²) >= 11 is 5.93. The topological polar surface area (TPSA) is 27.1 Å². The fraction of sp³-hybridized carbons (Fsp3) is 0.500. The van der Waals surface area contributed by atoms with Gasteiger partial charge < -0.3 is 9.30 Å². The molecule has 0 amide bonds. The van der Waals surface area contributed by atoms with Crippen LogP contribution in [0, 0.1) is 0 Å². The van der Waals surface area contributed by atoms with Crippen LogP contribution in [0.5, 0.6) is 0 Å². The average molecular weight is 319 g/mol. The summed E-state index contributed by atoms with van der Waals surface area (Å²) in [6.45, 7) is 3.14. The normalized spacial score (nSPS) is 23.1. The number of benzene rings is 1. The molecule has 1 aliphatic rings. The third-order valence-electron chi connectivity index (χ3n) is 3.91. The van der Waals surface area contributed by atoms with Gasteiger partial charge in [-0.2, -0.15) is 13.2 Å². The lowest BCUT2D eigenvalue weighted by Crippen LogP contribution is -2.31. The average Bonchev–Trinajstić information content (AvgIpc) is 3.00. The van der Waals surface area contributed by atoms with E-state index in [1.54, 1.807) is 0 Å². The molecule has 0 spiro atoms. The van der Waals surface area contributed by atoms with Crippen molar-refractivity contribution in [1.29, 1.82) is 0 Å². The Bertz CT molecular complexity index is 675. The highest BCUT2D eigenvalue weighted by atomic mass is 35.5. The molecule has 7 heteroatoms. The lowest BCUT2D eigenvalue weighted by molar-refractivity contribution is -0.137. The van der Waals surface area contributed by atoms with Gasteiger partial charge in [0.05, 0.1) is 34.6 Å². The van der Waals surface area contributed by atoms with E-state index in [4.69, 9.17) is 16.3 Å². The van der Waals surface area contributed by atoms with Crippen LogP contribution >= 0.6 is 11.6 Å². The van der Waals surface area contributed by atoms with E-state index in [9.17, 15) is 13.2 Å². The summed E-state index contributed by atoms with van der Waals surface area (Å²) in [5.74, 6) is 0.713. The molecule has 0 aliphatic carbocycles. The Labute approximate surface area is 124 Å². The molecular formula is C14H14ClF3N2O. The van der Waals surface area contributed by atoms with Crippen molar-refractivity contribution in [3.8, 4) is 0 Å². The molecule has 1 atom stereocenters. The summed E-state index contributed by atoms with van der Waals surface area (Å²) < 4.78 is 45.8. The maximum Gasteiger partial charge on any atom is 0.416 e. The van der Waals surface area contributed by atoms with Crippen molar-refractivity contribution in [2.45, 2.75) is 30.9 Å². The van der Waals surface area contributed by atoms with E-state index in [1.165, 1.54) is 6.07 Å². The standard InChI is InChI=1S/C14H14ClF3N2O/c1-13(4-5-21-8-13)20-11-3-2-9(14(16,17)18)6-10(11)19-12(20)7-15/h2-3,6H,4-5,7-8H2,1H3. The number of hydrogen-bond donors (Lipinski definition) is 0. The van der Waals surface area contributed by atoms with Crippen molar-refractivity contribution in [2.75, 3.05) is 13.2 Å². The van der Waals surface area contributed by atoms with Crippen LogP contribution < -0.4 is 0 Å². The third kappa shape index (κ3) is 2.40. The minimum Gasteiger partial charge on any atom is -0.379 e. The number of ether oxygens (including phenoxy) is 1. The van der Waals surface area contributed by atoms with E-state index in [-0.39, 0.29) is 11.4 Å². The van der Waals surface area contributed by atoms with Gasteiger partial charge in [-0.15, -0.1) is 11.6 Å². The molecule has 1 fully saturated rings. The van der Waals surface area contributed by atoms with Crippen molar-refractivity contribution >= 4 is 22.6 Å². The highest BCUT2D eigenvalue weighted by Crippen LogP contribution is 2.36. The number of alkyl halides is 4. The van der Waals surface area contributed by atoms with Gasteiger partial charge in [-0.05, 0) is 31.5 Å². The molecule has 114 valence electrons. The van der Waals surface area contributed by atoms with E-state index in [0.717, 1.165) is 18.6 Å². The number of nitrogens with zero attached hydrogens (tertiary/aromatic N) is 2. The largest absolute Gasteiger partial charge is 0.416 e. The number of rotatable bonds is 2. The molecule has 1 aromatic carbocycles. The highest BCUT2D eigenvalue weighted by Gasteiger charge is 2.36. The molecule has 1 saturated heterocycles. The van der Waals surface area contributed by atoms with Gasteiger partial charge in [-0.25, -0.2) is 4.98 Å². The Morgan fingerprint density at radius 3 is 2.76 bits per heavy atom. The molecule has 21 heavy (non-hydrogen) atoms. The van der Waals surface area contributed by atoms with Crippen LogP contribution in [0.2, 0.25) is 0 Å². The lowest BCUT2D eigenvalue weighted by Gasteiger charge is -2.26. The summed E-state index contributed by atoms with van der Waals surface area (Å²) in [6, 6.07) is 3.61. The van der Waals surface area contributed by atoms with Gasteiger partial charge in [0.15, 0.2) is 0 Å². The Morgan fingerprint density at radius 1 is 1.43 bits per heavy atom. The van der Waals surface area contributed by atoms with Gasteiger partial charge in [0.25, 0.3) is 0 Å². The van der Waals surface area contributed by atoms with Gasteiger partial charge in [-0.3, -0.25) is 0 Å². The number of halogens is 4. The second kappa shape index (κ2) is 4.88. The maximum absolute atomic E-state index is 12.8. The zero-order valence-corrected chi connectivity index (χ0v) is 12.1. The second-order valence-electron chi connectivity index (χ2n) is 5.50. The second-order valence-corrected chi connectivity index (χ2v) is 5.77. The molecule has 2 heterocycles. The van der Waals surface area contributed by atoms with E-state index in [1.807, 2.05) is 11.5 Å².